The summed E-state index contributed by atoms with van der Waals surface area (Å²) in [6.45, 7) is 0.997. The molecule has 0 aliphatic carbocycles. The number of ether oxygens (including phenoxy) is 2. The number of methoxy groups -OCH3 is 2. The first-order valence-electron chi connectivity index (χ1n) is 20.1. The van der Waals surface area contributed by atoms with Crippen LogP contribution in [0, 0.1) is 5.82 Å². The Bertz CT molecular complexity index is 2510. The Balaban J connectivity index is 0.946. The molecule has 4 atom stereocenters. The van der Waals surface area contributed by atoms with Gasteiger partial charge in [-0.2, -0.15) is 0 Å². The predicted octanol–water partition coefficient (Wildman–Crippen LogP) is 6.83. The van der Waals surface area contributed by atoms with Gasteiger partial charge in [-0.05, 0) is 48.9 Å². The van der Waals surface area contributed by atoms with Crippen molar-refractivity contribution in [2.75, 3.05) is 27.3 Å². The largest absolute Gasteiger partial charge is 0.469 e. The van der Waals surface area contributed by atoms with Crippen molar-refractivity contribution in [3.05, 3.63) is 132 Å². The molecular weight excluding hydrogens is 782 g/mol. The van der Waals surface area contributed by atoms with Crippen molar-refractivity contribution in [1.82, 2.24) is 45.0 Å². The Hall–Kier alpha value is -7.23. The zero-order chi connectivity index (χ0) is 42.5. The first kappa shape index (κ1) is 40.5. The highest BCUT2D eigenvalue weighted by Crippen LogP contribution is 2.37. The number of esters is 1. The molecule has 312 valence electrons. The van der Waals surface area contributed by atoms with Crippen LogP contribution in [0.25, 0.3) is 33.9 Å². The van der Waals surface area contributed by atoms with Crippen LogP contribution in [-0.2, 0) is 23.9 Å². The lowest BCUT2D eigenvalue weighted by molar-refractivity contribution is -0.145. The van der Waals surface area contributed by atoms with Crippen molar-refractivity contribution in [3.8, 4) is 33.9 Å². The Morgan fingerprint density at radius 2 is 1.31 bits per heavy atom. The van der Waals surface area contributed by atoms with Crippen molar-refractivity contribution in [2.24, 2.45) is 0 Å². The van der Waals surface area contributed by atoms with Crippen LogP contribution < -0.4 is 5.32 Å². The van der Waals surface area contributed by atoms with E-state index in [-0.39, 0.29) is 29.8 Å². The maximum atomic E-state index is 15.8. The van der Waals surface area contributed by atoms with Gasteiger partial charge >= 0.3 is 12.1 Å². The van der Waals surface area contributed by atoms with E-state index in [1.807, 2.05) is 36.4 Å². The summed E-state index contributed by atoms with van der Waals surface area (Å²) in [7, 11) is 2.56. The second-order valence-electron chi connectivity index (χ2n) is 15.0. The zero-order valence-electron chi connectivity index (χ0n) is 33.6. The number of carbonyl (C=O) groups is 4. The smallest absolute Gasteiger partial charge is 0.407 e. The second-order valence-corrected chi connectivity index (χ2v) is 15.0. The normalized spacial score (nSPS) is 17.2. The minimum Gasteiger partial charge on any atom is -0.469 e. The lowest BCUT2D eigenvalue weighted by Crippen LogP contribution is -2.42. The van der Waals surface area contributed by atoms with Crippen LogP contribution in [0.1, 0.15) is 78.9 Å². The van der Waals surface area contributed by atoms with Crippen LogP contribution in [0.5, 0.6) is 0 Å². The number of aromatic nitrogens is 6. The standard InChI is InChI=1S/C45H44FN9O6/c1-60-38(56)22-32(27-11-5-3-6-12-27)43(57)54-19-9-15-36(54)41-49-25-34(51-41)30-23-47-40(48-24-30)29-17-18-31(33(46)21-29)35-26-50-42(52-35)37-16-10-20-55(37)44(58)39(53-45(59)61-2)28-13-7-4-8-14-28/h3-8,11-14,17-18,21,23-26,32,36-37,39H,9-10,15-16,19-20,22H2,1-2H3,(H,49,51)(H,50,52)(H,53,59)/t32-,36+,37+,39-/m1/s1. The number of amides is 3. The van der Waals surface area contributed by atoms with Gasteiger partial charge in [0.15, 0.2) is 5.82 Å². The number of carbonyl (C=O) groups excluding carboxylic acids is 4. The molecule has 16 heteroatoms. The number of hydrogen-bond acceptors (Lipinski definition) is 10. The number of H-pyrrole nitrogens is 2. The average molecular weight is 826 g/mol. The van der Waals surface area contributed by atoms with Crippen molar-refractivity contribution in [1.29, 1.82) is 0 Å². The number of alkyl carbamates (subject to hydrolysis) is 1. The van der Waals surface area contributed by atoms with Gasteiger partial charge in [0.1, 0.15) is 23.5 Å². The number of halogens is 1. The molecule has 3 aromatic heterocycles. The third-order valence-electron chi connectivity index (χ3n) is 11.3. The van der Waals surface area contributed by atoms with Gasteiger partial charge < -0.3 is 34.6 Å². The average Bonchev–Trinajstić information content (AvgIpc) is 4.15. The lowest BCUT2D eigenvalue weighted by Gasteiger charge is -2.28. The fraction of sp³-hybridized carbons (Fsp3) is 0.289. The number of rotatable bonds is 12. The minimum atomic E-state index is -0.957. The Kier molecular flexibility index (Phi) is 11.9. The molecule has 61 heavy (non-hydrogen) atoms. The van der Waals surface area contributed by atoms with Crippen LogP contribution in [0.4, 0.5) is 9.18 Å². The van der Waals surface area contributed by atoms with Gasteiger partial charge in [-0.25, -0.2) is 29.1 Å². The number of nitrogens with zero attached hydrogens (tertiary/aromatic N) is 6. The zero-order valence-corrected chi connectivity index (χ0v) is 33.6. The summed E-state index contributed by atoms with van der Waals surface area (Å²) in [5, 5.41) is 2.66. The van der Waals surface area contributed by atoms with Crippen LogP contribution in [0.3, 0.4) is 0 Å². The summed E-state index contributed by atoms with van der Waals surface area (Å²) in [4.78, 5) is 80.6. The number of benzene rings is 3. The molecule has 5 heterocycles. The molecule has 2 aliphatic heterocycles. The molecule has 0 radical (unpaired) electrons. The van der Waals surface area contributed by atoms with Gasteiger partial charge in [0, 0.05) is 42.2 Å². The molecule has 0 unspecified atom stereocenters. The Morgan fingerprint density at radius 3 is 1.92 bits per heavy atom. The first-order chi connectivity index (χ1) is 29.7. The summed E-state index contributed by atoms with van der Waals surface area (Å²) in [6.07, 6.45) is 8.55. The fourth-order valence-electron chi connectivity index (χ4n) is 8.17. The summed E-state index contributed by atoms with van der Waals surface area (Å²) < 4.78 is 25.5. The molecular formula is C45H44FN9O6. The number of nitrogens with one attached hydrogen (secondary N) is 3. The van der Waals surface area contributed by atoms with Gasteiger partial charge in [0.2, 0.25) is 5.91 Å². The Morgan fingerprint density at radius 1 is 0.721 bits per heavy atom. The van der Waals surface area contributed by atoms with E-state index in [4.69, 9.17) is 9.47 Å². The summed E-state index contributed by atoms with van der Waals surface area (Å²) in [5.41, 5.74) is 3.88. The maximum Gasteiger partial charge on any atom is 0.407 e. The van der Waals surface area contributed by atoms with Gasteiger partial charge in [0.05, 0.1) is 62.4 Å². The highest BCUT2D eigenvalue weighted by atomic mass is 19.1. The van der Waals surface area contributed by atoms with E-state index in [1.165, 1.54) is 20.3 Å². The molecule has 0 bridgehead atoms. The van der Waals surface area contributed by atoms with E-state index < -0.39 is 35.9 Å². The number of likely N-dealkylation sites (tertiary alicyclic amines) is 2. The summed E-state index contributed by atoms with van der Waals surface area (Å²) in [5.74, 6) is -0.666. The van der Waals surface area contributed by atoms with Crippen LogP contribution in [-0.4, -0.2) is 90.9 Å². The highest BCUT2D eigenvalue weighted by Gasteiger charge is 2.38. The molecule has 2 aliphatic rings. The molecule has 3 aromatic carbocycles. The van der Waals surface area contributed by atoms with Gasteiger partial charge in [0.25, 0.3) is 5.91 Å². The van der Waals surface area contributed by atoms with Crippen molar-refractivity contribution in [3.63, 3.8) is 0 Å². The van der Waals surface area contributed by atoms with E-state index >= 15 is 4.39 Å². The fourth-order valence-corrected chi connectivity index (χ4v) is 8.17. The van der Waals surface area contributed by atoms with Gasteiger partial charge in [-0.3, -0.25) is 14.4 Å². The molecule has 2 saturated heterocycles. The summed E-state index contributed by atoms with van der Waals surface area (Å²) >= 11 is 0. The molecule has 3 amide bonds. The third kappa shape index (κ3) is 8.60. The lowest BCUT2D eigenvalue weighted by atomic mass is 9.94. The second kappa shape index (κ2) is 17.9. The summed E-state index contributed by atoms with van der Waals surface area (Å²) in [6, 6.07) is 21.3. The van der Waals surface area contributed by atoms with E-state index in [0.717, 1.165) is 18.4 Å². The van der Waals surface area contributed by atoms with E-state index in [0.29, 0.717) is 71.5 Å². The third-order valence-corrected chi connectivity index (χ3v) is 11.3. The number of imidazole rings is 2. The van der Waals surface area contributed by atoms with E-state index in [2.05, 4.69) is 35.2 Å². The molecule has 8 rings (SSSR count). The minimum absolute atomic E-state index is 0.0643. The van der Waals surface area contributed by atoms with Crippen molar-refractivity contribution < 1.29 is 33.0 Å². The Labute approximate surface area is 350 Å². The van der Waals surface area contributed by atoms with Gasteiger partial charge in [-0.1, -0.05) is 66.7 Å². The number of hydrogen-bond donors (Lipinski definition) is 3. The van der Waals surface area contributed by atoms with Crippen LogP contribution in [0.15, 0.2) is 104 Å². The predicted molar refractivity (Wildman–Crippen MR) is 221 cm³/mol. The topological polar surface area (TPSA) is 188 Å². The molecule has 2 fully saturated rings. The molecule has 6 aromatic rings. The van der Waals surface area contributed by atoms with Gasteiger partial charge in [-0.15, -0.1) is 0 Å². The van der Waals surface area contributed by atoms with E-state index in [9.17, 15) is 19.2 Å². The molecule has 3 N–H and O–H groups in total. The SMILES string of the molecule is COC(=O)C[C@@H](C(=O)N1CCC[C@H]1c1ncc(-c2cnc(-c3ccc(-c4cnc([C@@H]5CCCN5C(=O)[C@H](NC(=O)OC)c5ccccc5)[nH]4)c(F)c3)nc2)[nH]1)c1ccccc1. The van der Waals surface area contributed by atoms with E-state index in [1.54, 1.807) is 71.0 Å². The van der Waals surface area contributed by atoms with Crippen molar-refractivity contribution in [2.45, 2.75) is 56.1 Å². The number of aromatic amines is 2. The molecule has 0 spiro atoms. The maximum absolute atomic E-state index is 15.8. The first-order valence-corrected chi connectivity index (χ1v) is 20.1. The molecule has 0 saturated carbocycles. The quantitative estimate of drug-likeness (QED) is 0.110. The van der Waals surface area contributed by atoms with Crippen LogP contribution in [0.2, 0.25) is 0 Å². The van der Waals surface area contributed by atoms with Crippen molar-refractivity contribution >= 4 is 23.9 Å². The highest BCUT2D eigenvalue weighted by molar-refractivity contribution is 5.89. The van der Waals surface area contributed by atoms with Crippen LogP contribution >= 0.6 is 0 Å². The molecule has 15 nitrogen and oxygen atoms in total. The monoisotopic (exact) mass is 825 g/mol.